The lowest BCUT2D eigenvalue weighted by Crippen LogP contribution is -2.27. The Morgan fingerprint density at radius 2 is 1.88 bits per heavy atom. The van der Waals surface area contributed by atoms with Crippen LogP contribution in [0.4, 0.5) is 5.82 Å². The van der Waals surface area contributed by atoms with Crippen LogP contribution in [-0.4, -0.2) is 33.4 Å². The first-order valence-electron chi connectivity index (χ1n) is 8.18. The predicted molar refractivity (Wildman–Crippen MR) is 98.4 cm³/mol. The number of halogens is 1. The van der Waals surface area contributed by atoms with E-state index in [0.29, 0.717) is 30.4 Å². The zero-order valence-electron chi connectivity index (χ0n) is 13.5. The van der Waals surface area contributed by atoms with Crippen molar-refractivity contribution >= 4 is 34.4 Å². The molecule has 0 bridgehead atoms. The third-order valence-corrected chi connectivity index (χ3v) is 4.70. The van der Waals surface area contributed by atoms with Gasteiger partial charge in [-0.25, -0.2) is 4.98 Å². The van der Waals surface area contributed by atoms with Gasteiger partial charge in [-0.3, -0.25) is 9.78 Å². The van der Waals surface area contributed by atoms with Gasteiger partial charge in [0, 0.05) is 24.5 Å². The number of aromatic nitrogens is 2. The van der Waals surface area contributed by atoms with E-state index in [-0.39, 0.29) is 11.9 Å². The Labute approximate surface area is 150 Å². The summed E-state index contributed by atoms with van der Waals surface area (Å²) < 4.78 is 0. The van der Waals surface area contributed by atoms with Gasteiger partial charge in [-0.05, 0) is 23.8 Å². The Morgan fingerprint density at radius 3 is 2.72 bits per heavy atom. The molecule has 1 fully saturated rings. The van der Waals surface area contributed by atoms with Gasteiger partial charge in [-0.2, -0.15) is 0 Å². The highest BCUT2D eigenvalue weighted by molar-refractivity contribution is 6.31. The minimum Gasteiger partial charge on any atom is -0.364 e. The Morgan fingerprint density at radius 1 is 1.12 bits per heavy atom. The molecule has 1 aliphatic rings. The molecule has 1 N–H and O–H groups in total. The van der Waals surface area contributed by atoms with E-state index >= 15 is 0 Å². The monoisotopic (exact) mass is 352 g/mol. The van der Waals surface area contributed by atoms with Crippen LogP contribution in [0.1, 0.15) is 12.0 Å². The molecule has 5 nitrogen and oxygen atoms in total. The van der Waals surface area contributed by atoms with Crippen molar-refractivity contribution in [2.45, 2.75) is 19.0 Å². The molecule has 25 heavy (non-hydrogen) atoms. The molecule has 0 spiro atoms. The maximum atomic E-state index is 12.3. The molecule has 1 aliphatic heterocycles. The topological polar surface area (TPSA) is 58.1 Å². The summed E-state index contributed by atoms with van der Waals surface area (Å²) in [7, 11) is 0. The van der Waals surface area contributed by atoms with Gasteiger partial charge in [-0.1, -0.05) is 41.9 Å². The molecular formula is C19H17ClN4O. The number of carbonyl (C=O) groups is 1. The van der Waals surface area contributed by atoms with E-state index in [1.165, 1.54) is 0 Å². The maximum Gasteiger partial charge on any atom is 0.225 e. The van der Waals surface area contributed by atoms with Crippen molar-refractivity contribution in [1.29, 1.82) is 0 Å². The normalized spacial score (nSPS) is 17.2. The van der Waals surface area contributed by atoms with Gasteiger partial charge in [0.2, 0.25) is 5.91 Å². The molecule has 2 heterocycles. The van der Waals surface area contributed by atoms with Gasteiger partial charge in [0.25, 0.3) is 0 Å². The molecule has 1 amide bonds. The van der Waals surface area contributed by atoms with Crippen molar-refractivity contribution in [3.8, 4) is 0 Å². The van der Waals surface area contributed by atoms with E-state index in [1.807, 2.05) is 53.4 Å². The number of nitrogens with zero attached hydrogens (tertiary/aromatic N) is 3. The smallest absolute Gasteiger partial charge is 0.225 e. The number of rotatable bonds is 4. The van der Waals surface area contributed by atoms with Crippen molar-refractivity contribution in [3.05, 3.63) is 65.3 Å². The molecular weight excluding hydrogens is 336 g/mol. The predicted octanol–water partition coefficient (Wildman–Crippen LogP) is 3.50. The summed E-state index contributed by atoms with van der Waals surface area (Å²) in [5.74, 6) is 0.808. The van der Waals surface area contributed by atoms with E-state index in [4.69, 9.17) is 11.6 Å². The lowest BCUT2D eigenvalue weighted by atomic mass is 10.2. The fraction of sp³-hybridized carbons (Fsp3) is 0.211. The Balaban J connectivity index is 1.45. The average molecular weight is 353 g/mol. The molecule has 1 atom stereocenters. The van der Waals surface area contributed by atoms with Crippen LogP contribution in [0.5, 0.6) is 0 Å². The SMILES string of the molecule is O=C1C[C@H](Nc2cnc3ccccc3n2)CN1Cc1ccccc1Cl. The number of fused-ring (bicyclic) bond motifs is 1. The number of likely N-dealkylation sites (tertiary alicyclic amines) is 1. The third kappa shape index (κ3) is 3.42. The zero-order chi connectivity index (χ0) is 17.2. The number of para-hydroxylation sites is 2. The number of carbonyl (C=O) groups excluding carboxylic acids is 1. The molecule has 1 aromatic heterocycles. The second kappa shape index (κ2) is 6.69. The summed E-state index contributed by atoms with van der Waals surface area (Å²) in [5, 5.41) is 4.01. The number of benzene rings is 2. The van der Waals surface area contributed by atoms with Crippen LogP contribution < -0.4 is 5.32 Å². The zero-order valence-corrected chi connectivity index (χ0v) is 14.3. The Kier molecular flexibility index (Phi) is 4.24. The van der Waals surface area contributed by atoms with Crippen LogP contribution in [-0.2, 0) is 11.3 Å². The second-order valence-electron chi connectivity index (χ2n) is 6.16. The summed E-state index contributed by atoms with van der Waals surface area (Å²) in [6.45, 7) is 1.15. The van der Waals surface area contributed by atoms with Gasteiger partial charge in [0.1, 0.15) is 5.82 Å². The number of hydrogen-bond donors (Lipinski definition) is 1. The molecule has 1 saturated heterocycles. The Hall–Kier alpha value is -2.66. The number of anilines is 1. The number of amides is 1. The summed E-state index contributed by atoms with van der Waals surface area (Å²) in [6, 6.07) is 15.4. The third-order valence-electron chi connectivity index (χ3n) is 4.33. The molecule has 126 valence electrons. The molecule has 3 aromatic rings. The van der Waals surface area contributed by atoms with Crippen molar-refractivity contribution in [2.75, 3.05) is 11.9 Å². The second-order valence-corrected chi connectivity index (χ2v) is 6.56. The highest BCUT2D eigenvalue weighted by Gasteiger charge is 2.30. The van der Waals surface area contributed by atoms with E-state index in [1.54, 1.807) is 6.20 Å². The van der Waals surface area contributed by atoms with Crippen molar-refractivity contribution < 1.29 is 4.79 Å². The van der Waals surface area contributed by atoms with Gasteiger partial charge >= 0.3 is 0 Å². The average Bonchev–Trinajstić information content (AvgIpc) is 2.96. The fourth-order valence-electron chi connectivity index (χ4n) is 3.09. The fourth-order valence-corrected chi connectivity index (χ4v) is 3.29. The van der Waals surface area contributed by atoms with Gasteiger partial charge in [-0.15, -0.1) is 0 Å². The maximum absolute atomic E-state index is 12.3. The molecule has 6 heteroatoms. The highest BCUT2D eigenvalue weighted by atomic mass is 35.5. The van der Waals surface area contributed by atoms with Crippen LogP contribution in [0.3, 0.4) is 0 Å². The van der Waals surface area contributed by atoms with Crippen LogP contribution in [0, 0.1) is 0 Å². The quantitative estimate of drug-likeness (QED) is 0.780. The molecule has 0 aliphatic carbocycles. The van der Waals surface area contributed by atoms with E-state index in [2.05, 4.69) is 15.3 Å². The Bertz CT molecular complexity index is 930. The minimum absolute atomic E-state index is 0.0189. The van der Waals surface area contributed by atoms with Crippen molar-refractivity contribution in [2.24, 2.45) is 0 Å². The van der Waals surface area contributed by atoms with Gasteiger partial charge in [0.15, 0.2) is 0 Å². The highest BCUT2D eigenvalue weighted by Crippen LogP contribution is 2.22. The van der Waals surface area contributed by atoms with Crippen LogP contribution in [0.2, 0.25) is 5.02 Å². The first-order chi connectivity index (χ1) is 12.2. The molecule has 2 aromatic carbocycles. The molecule has 4 rings (SSSR count). The van der Waals surface area contributed by atoms with Crippen molar-refractivity contribution in [3.63, 3.8) is 0 Å². The first-order valence-corrected chi connectivity index (χ1v) is 8.56. The first kappa shape index (κ1) is 15.8. The standard InChI is InChI=1S/C19H17ClN4O/c20-15-6-2-1-5-13(15)11-24-12-14(9-19(24)25)22-18-10-21-16-7-3-4-8-17(16)23-18/h1-8,10,14H,9,11-12H2,(H,22,23)/t14-/m0/s1. The summed E-state index contributed by atoms with van der Waals surface area (Å²) >= 11 is 6.20. The summed E-state index contributed by atoms with van der Waals surface area (Å²) in [6.07, 6.45) is 2.16. The van der Waals surface area contributed by atoms with Gasteiger partial charge in [0.05, 0.1) is 23.3 Å². The lowest BCUT2D eigenvalue weighted by Gasteiger charge is -2.18. The minimum atomic E-state index is 0.0189. The lowest BCUT2D eigenvalue weighted by molar-refractivity contribution is -0.128. The summed E-state index contributed by atoms with van der Waals surface area (Å²) in [4.78, 5) is 23.1. The van der Waals surface area contributed by atoms with Crippen LogP contribution in [0.25, 0.3) is 11.0 Å². The largest absolute Gasteiger partial charge is 0.364 e. The van der Waals surface area contributed by atoms with Gasteiger partial charge < -0.3 is 10.2 Å². The van der Waals surface area contributed by atoms with Crippen LogP contribution in [0.15, 0.2) is 54.7 Å². The summed E-state index contributed by atoms with van der Waals surface area (Å²) in [5.41, 5.74) is 2.66. The van der Waals surface area contributed by atoms with Crippen LogP contribution >= 0.6 is 11.6 Å². The molecule has 0 unspecified atom stereocenters. The number of nitrogens with one attached hydrogen (secondary N) is 1. The molecule has 0 saturated carbocycles. The van der Waals surface area contributed by atoms with E-state index in [0.717, 1.165) is 16.6 Å². The van der Waals surface area contributed by atoms with E-state index < -0.39 is 0 Å². The number of hydrogen-bond acceptors (Lipinski definition) is 4. The van der Waals surface area contributed by atoms with E-state index in [9.17, 15) is 4.79 Å². The molecule has 0 radical (unpaired) electrons. The van der Waals surface area contributed by atoms with Crippen molar-refractivity contribution in [1.82, 2.24) is 14.9 Å².